The maximum absolute atomic E-state index is 12.8. The van der Waals surface area contributed by atoms with Crippen LogP contribution in [0.5, 0.6) is 11.5 Å². The van der Waals surface area contributed by atoms with Gasteiger partial charge in [-0.1, -0.05) is 12.2 Å². The second-order valence-corrected chi connectivity index (χ2v) is 6.18. The maximum Gasteiger partial charge on any atom is 0.234 e. The monoisotopic (exact) mass is 314 g/mol. The highest BCUT2D eigenvalue weighted by Gasteiger charge is 2.65. The van der Waals surface area contributed by atoms with Gasteiger partial charge in [0.15, 0.2) is 11.5 Å². The summed E-state index contributed by atoms with van der Waals surface area (Å²) in [6.45, 7) is 0.437. The molecule has 4 heterocycles. The van der Waals surface area contributed by atoms with E-state index in [0.29, 0.717) is 17.2 Å². The van der Waals surface area contributed by atoms with E-state index in [1.54, 1.807) is 29.2 Å². The number of aliphatic carboxylic acids is 1. The van der Waals surface area contributed by atoms with Crippen LogP contribution in [0.3, 0.4) is 0 Å². The molecule has 7 heteroatoms. The van der Waals surface area contributed by atoms with Crippen LogP contribution in [0.1, 0.15) is 0 Å². The minimum absolute atomic E-state index is 0.152. The van der Waals surface area contributed by atoms with Gasteiger partial charge in [0.05, 0.1) is 18.6 Å². The molecule has 23 heavy (non-hydrogen) atoms. The van der Waals surface area contributed by atoms with Crippen LogP contribution < -0.4 is 19.5 Å². The van der Waals surface area contributed by atoms with Gasteiger partial charge in [-0.15, -0.1) is 0 Å². The van der Waals surface area contributed by atoms with Gasteiger partial charge in [0.1, 0.15) is 5.60 Å². The summed E-state index contributed by atoms with van der Waals surface area (Å²) in [7, 11) is 0. The molecule has 0 radical (unpaired) electrons. The molecule has 4 aliphatic rings. The lowest BCUT2D eigenvalue weighted by molar-refractivity contribution is -0.313. The van der Waals surface area contributed by atoms with Crippen LogP contribution in [0, 0.1) is 11.8 Å². The summed E-state index contributed by atoms with van der Waals surface area (Å²) in [6, 6.07) is 5.22. The number of carbonyl (C=O) groups excluding carboxylic acids is 2. The van der Waals surface area contributed by atoms with E-state index in [0.717, 1.165) is 0 Å². The zero-order valence-corrected chi connectivity index (χ0v) is 11.9. The Balaban J connectivity index is 1.54. The van der Waals surface area contributed by atoms with E-state index < -0.39 is 29.5 Å². The summed E-state index contributed by atoms with van der Waals surface area (Å²) in [6.07, 6.45) is 2.95. The third kappa shape index (κ3) is 1.52. The lowest BCUT2D eigenvalue weighted by atomic mass is 9.77. The van der Waals surface area contributed by atoms with E-state index in [1.807, 2.05) is 6.08 Å². The minimum atomic E-state index is -1.24. The number of fused-ring (bicyclic) bond motifs is 2. The molecule has 5 rings (SSSR count). The van der Waals surface area contributed by atoms with Crippen LogP contribution in [-0.2, 0) is 14.3 Å². The highest BCUT2D eigenvalue weighted by molar-refractivity contribution is 6.02. The van der Waals surface area contributed by atoms with Crippen molar-refractivity contribution in [1.29, 1.82) is 0 Å². The van der Waals surface area contributed by atoms with Crippen molar-refractivity contribution in [3.63, 3.8) is 0 Å². The van der Waals surface area contributed by atoms with Gasteiger partial charge < -0.3 is 29.0 Å². The average Bonchev–Trinajstić information content (AvgIpc) is 3.26. The fraction of sp³-hybridized carbons (Fsp3) is 0.375. The summed E-state index contributed by atoms with van der Waals surface area (Å²) < 4.78 is 16.4. The molecule has 1 aromatic carbocycles. The molecule has 0 unspecified atom stereocenters. The van der Waals surface area contributed by atoms with Gasteiger partial charge in [-0.25, -0.2) is 0 Å². The third-order valence-corrected chi connectivity index (χ3v) is 5.04. The molecule has 2 bridgehead atoms. The summed E-state index contributed by atoms with van der Waals surface area (Å²) in [5.74, 6) is -1.98. The highest BCUT2D eigenvalue weighted by atomic mass is 16.7. The third-order valence-electron chi connectivity index (χ3n) is 5.04. The quantitative estimate of drug-likeness (QED) is 0.681. The standard InChI is InChI=1S/C16H13NO6/c18-14-13-12(15(19)20)10-3-4-16(13,23-10)6-17(14)8-1-2-9-11(5-8)22-7-21-9/h1-5,10,12-13H,6-7H2,(H,19,20)/p-1/t10-,12-,13-,16+/m0/s1. The van der Waals surface area contributed by atoms with E-state index in [-0.39, 0.29) is 19.2 Å². The average molecular weight is 314 g/mol. The molecule has 1 amide bonds. The summed E-state index contributed by atoms with van der Waals surface area (Å²) in [4.78, 5) is 25.8. The zero-order chi connectivity index (χ0) is 15.8. The van der Waals surface area contributed by atoms with Crippen LogP contribution in [0.4, 0.5) is 5.69 Å². The molecule has 4 atom stereocenters. The van der Waals surface area contributed by atoms with Crippen molar-refractivity contribution in [1.82, 2.24) is 0 Å². The van der Waals surface area contributed by atoms with Crippen molar-refractivity contribution in [3.05, 3.63) is 30.4 Å². The Kier molecular flexibility index (Phi) is 2.28. The van der Waals surface area contributed by atoms with Crippen molar-refractivity contribution < 1.29 is 28.9 Å². The van der Waals surface area contributed by atoms with E-state index in [9.17, 15) is 14.7 Å². The van der Waals surface area contributed by atoms with Crippen LogP contribution >= 0.6 is 0 Å². The second kappa shape index (κ2) is 4.05. The molecule has 4 aliphatic heterocycles. The van der Waals surface area contributed by atoms with E-state index in [2.05, 4.69) is 0 Å². The molecule has 0 saturated carbocycles. The van der Waals surface area contributed by atoms with Crippen molar-refractivity contribution in [2.75, 3.05) is 18.2 Å². The van der Waals surface area contributed by atoms with Crippen molar-refractivity contribution >= 4 is 17.6 Å². The van der Waals surface area contributed by atoms with Crippen molar-refractivity contribution in [2.45, 2.75) is 11.7 Å². The molecule has 118 valence electrons. The number of hydrogen-bond donors (Lipinski definition) is 0. The number of anilines is 1. The normalized spacial score (nSPS) is 35.9. The van der Waals surface area contributed by atoms with Crippen molar-refractivity contribution in [3.8, 4) is 11.5 Å². The predicted molar refractivity (Wildman–Crippen MR) is 73.6 cm³/mol. The number of benzene rings is 1. The molecule has 2 fully saturated rings. The molecule has 0 aliphatic carbocycles. The number of rotatable bonds is 2. The van der Waals surface area contributed by atoms with Crippen LogP contribution in [-0.4, -0.2) is 36.9 Å². The Morgan fingerprint density at radius 3 is 2.96 bits per heavy atom. The van der Waals surface area contributed by atoms with Gasteiger partial charge in [0, 0.05) is 23.6 Å². The van der Waals surface area contributed by atoms with E-state index >= 15 is 0 Å². The first-order chi connectivity index (χ1) is 11.1. The number of carboxylic acid groups (broad SMARTS) is 1. The van der Waals surface area contributed by atoms with Gasteiger partial charge in [-0.05, 0) is 12.1 Å². The number of nitrogens with zero attached hydrogens (tertiary/aromatic N) is 1. The van der Waals surface area contributed by atoms with E-state index in [4.69, 9.17) is 14.2 Å². The highest BCUT2D eigenvalue weighted by Crippen LogP contribution is 2.52. The number of carbonyl (C=O) groups is 2. The van der Waals surface area contributed by atoms with Crippen molar-refractivity contribution in [2.24, 2.45) is 11.8 Å². The largest absolute Gasteiger partial charge is 0.550 e. The molecule has 1 spiro atoms. The zero-order valence-electron chi connectivity index (χ0n) is 11.9. The first-order valence-electron chi connectivity index (χ1n) is 7.38. The Morgan fingerprint density at radius 2 is 2.13 bits per heavy atom. The smallest absolute Gasteiger partial charge is 0.234 e. The summed E-state index contributed by atoms with van der Waals surface area (Å²) >= 11 is 0. The second-order valence-electron chi connectivity index (χ2n) is 6.18. The van der Waals surface area contributed by atoms with Crippen LogP contribution in [0.2, 0.25) is 0 Å². The van der Waals surface area contributed by atoms with E-state index in [1.165, 1.54) is 0 Å². The molecular formula is C16H12NO6-. The summed E-state index contributed by atoms with van der Waals surface area (Å²) in [5, 5.41) is 11.4. The fourth-order valence-electron chi connectivity index (χ4n) is 4.04. The molecular weight excluding hydrogens is 302 g/mol. The SMILES string of the molecule is O=C([O-])[C@H]1[C@@H]2C=C[C@]3(CN(c4ccc5c(c4)OCO5)C(=O)[C@H]13)O2. The number of carboxylic acids is 1. The Labute approximate surface area is 131 Å². The van der Waals surface area contributed by atoms with Crippen LogP contribution in [0.15, 0.2) is 30.4 Å². The topological polar surface area (TPSA) is 88.1 Å². The van der Waals surface area contributed by atoms with Gasteiger partial charge in [0.2, 0.25) is 12.7 Å². The van der Waals surface area contributed by atoms with Gasteiger partial charge in [-0.2, -0.15) is 0 Å². The summed E-state index contributed by atoms with van der Waals surface area (Å²) in [5.41, 5.74) is -0.233. The first-order valence-corrected chi connectivity index (χ1v) is 7.38. The van der Waals surface area contributed by atoms with Gasteiger partial charge >= 0.3 is 0 Å². The lowest BCUT2D eigenvalue weighted by Gasteiger charge is -2.24. The van der Waals surface area contributed by atoms with Gasteiger partial charge in [0.25, 0.3) is 0 Å². The maximum atomic E-state index is 12.8. The number of amides is 1. The molecule has 2 saturated heterocycles. The van der Waals surface area contributed by atoms with Crippen LogP contribution in [0.25, 0.3) is 0 Å². The number of hydrogen-bond acceptors (Lipinski definition) is 6. The molecule has 0 N–H and O–H groups in total. The number of ether oxygens (including phenoxy) is 3. The predicted octanol–water partition coefficient (Wildman–Crippen LogP) is -0.548. The minimum Gasteiger partial charge on any atom is -0.550 e. The molecule has 1 aromatic rings. The Morgan fingerprint density at radius 1 is 1.30 bits per heavy atom. The fourth-order valence-corrected chi connectivity index (χ4v) is 4.04. The Hall–Kier alpha value is -2.54. The molecule has 0 aromatic heterocycles. The Bertz CT molecular complexity index is 774. The lowest BCUT2D eigenvalue weighted by Crippen LogP contribution is -2.45. The van der Waals surface area contributed by atoms with Gasteiger partial charge in [-0.3, -0.25) is 4.79 Å². The molecule has 7 nitrogen and oxygen atoms in total. The first kappa shape index (κ1) is 13.0.